The molecule has 66 valence electrons. The molecule has 0 aliphatic rings. The fraction of sp³-hybridized carbons (Fsp3) is 0.500. The third kappa shape index (κ3) is 1.92. The van der Waals surface area contributed by atoms with Gasteiger partial charge in [0.15, 0.2) is 5.82 Å². The second kappa shape index (κ2) is 4.01. The monoisotopic (exact) mass is 166 g/mol. The van der Waals surface area contributed by atoms with Crippen molar-refractivity contribution in [1.29, 1.82) is 0 Å². The average molecular weight is 166 g/mol. The van der Waals surface area contributed by atoms with Crippen molar-refractivity contribution in [1.82, 2.24) is 10.2 Å². The van der Waals surface area contributed by atoms with Gasteiger partial charge in [-0.15, -0.1) is 5.10 Å². The average Bonchev–Trinajstić information content (AvgIpc) is 2.17. The molecule has 0 fully saturated rings. The van der Waals surface area contributed by atoms with E-state index < -0.39 is 0 Å². The molecule has 2 N–H and O–H groups in total. The van der Waals surface area contributed by atoms with Crippen molar-refractivity contribution in [2.45, 2.75) is 13.5 Å². The molecule has 0 saturated carbocycles. The highest BCUT2D eigenvalue weighted by Crippen LogP contribution is 2.05. The summed E-state index contributed by atoms with van der Waals surface area (Å²) >= 11 is 0. The highest BCUT2D eigenvalue weighted by atomic mass is 15.2. The lowest BCUT2D eigenvalue weighted by atomic mass is 10.4. The van der Waals surface area contributed by atoms with Gasteiger partial charge in [-0.05, 0) is 19.1 Å². The summed E-state index contributed by atoms with van der Waals surface area (Å²) in [6.07, 6.45) is 0. The maximum atomic E-state index is 5.39. The van der Waals surface area contributed by atoms with Gasteiger partial charge >= 0.3 is 0 Å². The molecule has 0 aliphatic heterocycles. The smallest absolute Gasteiger partial charge is 0.150 e. The number of hydrogen-bond acceptors (Lipinski definition) is 4. The van der Waals surface area contributed by atoms with E-state index in [0.717, 1.165) is 18.1 Å². The molecule has 0 bridgehead atoms. The molecular formula is C8H14N4. The van der Waals surface area contributed by atoms with Crippen molar-refractivity contribution in [2.75, 3.05) is 18.5 Å². The van der Waals surface area contributed by atoms with Crippen LogP contribution in [0.5, 0.6) is 0 Å². The van der Waals surface area contributed by atoms with E-state index in [0.29, 0.717) is 6.54 Å². The van der Waals surface area contributed by atoms with Crippen molar-refractivity contribution in [3.05, 3.63) is 17.8 Å². The van der Waals surface area contributed by atoms with E-state index in [1.54, 1.807) is 0 Å². The number of rotatable bonds is 3. The van der Waals surface area contributed by atoms with Gasteiger partial charge in [0.25, 0.3) is 0 Å². The van der Waals surface area contributed by atoms with Gasteiger partial charge in [0, 0.05) is 20.1 Å². The van der Waals surface area contributed by atoms with Gasteiger partial charge in [0.1, 0.15) is 0 Å². The molecule has 0 saturated heterocycles. The Labute approximate surface area is 72.4 Å². The molecule has 0 unspecified atom stereocenters. The predicted octanol–water partition coefficient (Wildman–Crippen LogP) is 0.391. The number of aromatic nitrogens is 2. The highest BCUT2D eigenvalue weighted by molar-refractivity contribution is 5.35. The zero-order valence-corrected chi connectivity index (χ0v) is 7.49. The van der Waals surface area contributed by atoms with Gasteiger partial charge in [-0.2, -0.15) is 5.10 Å². The first kappa shape index (κ1) is 8.93. The first-order valence-electron chi connectivity index (χ1n) is 4.01. The molecule has 1 aromatic heterocycles. The minimum Gasteiger partial charge on any atom is -0.358 e. The molecule has 1 rings (SSSR count). The second-order valence-corrected chi connectivity index (χ2v) is 2.60. The van der Waals surface area contributed by atoms with Crippen molar-refractivity contribution in [3.63, 3.8) is 0 Å². The minimum absolute atomic E-state index is 0.448. The van der Waals surface area contributed by atoms with Crippen LogP contribution >= 0.6 is 0 Å². The summed E-state index contributed by atoms with van der Waals surface area (Å²) in [4.78, 5) is 2.02. The predicted molar refractivity (Wildman–Crippen MR) is 48.9 cm³/mol. The second-order valence-electron chi connectivity index (χ2n) is 2.60. The first-order chi connectivity index (χ1) is 5.77. The molecule has 4 heteroatoms. The van der Waals surface area contributed by atoms with Crippen molar-refractivity contribution < 1.29 is 0 Å². The Morgan fingerprint density at radius 2 is 2.17 bits per heavy atom. The molecule has 0 aliphatic carbocycles. The third-order valence-electron chi connectivity index (χ3n) is 1.78. The maximum Gasteiger partial charge on any atom is 0.150 e. The van der Waals surface area contributed by atoms with E-state index in [4.69, 9.17) is 5.73 Å². The zero-order valence-electron chi connectivity index (χ0n) is 7.49. The van der Waals surface area contributed by atoms with E-state index in [1.165, 1.54) is 0 Å². The number of nitrogens with two attached hydrogens (primary N) is 1. The fourth-order valence-corrected chi connectivity index (χ4v) is 0.827. The van der Waals surface area contributed by atoms with E-state index in [2.05, 4.69) is 17.1 Å². The largest absolute Gasteiger partial charge is 0.358 e. The Morgan fingerprint density at radius 1 is 1.42 bits per heavy atom. The first-order valence-corrected chi connectivity index (χ1v) is 4.01. The molecule has 0 spiro atoms. The van der Waals surface area contributed by atoms with Crippen LogP contribution in [0.3, 0.4) is 0 Å². The molecular weight excluding hydrogens is 152 g/mol. The quantitative estimate of drug-likeness (QED) is 0.705. The van der Waals surface area contributed by atoms with Crippen LogP contribution in [-0.4, -0.2) is 23.8 Å². The van der Waals surface area contributed by atoms with Gasteiger partial charge in [-0.3, -0.25) is 0 Å². The minimum atomic E-state index is 0.448. The standard InChI is InChI=1S/C8H14N4/c1-3-12(2)8-5-4-7(6-9)10-11-8/h4-5H,3,6,9H2,1-2H3. The molecule has 0 amide bonds. The summed E-state index contributed by atoms with van der Waals surface area (Å²) in [6.45, 7) is 3.44. The SMILES string of the molecule is CCN(C)c1ccc(CN)nn1. The molecule has 0 aromatic carbocycles. The van der Waals surface area contributed by atoms with Crippen LogP contribution in [0.2, 0.25) is 0 Å². The maximum absolute atomic E-state index is 5.39. The van der Waals surface area contributed by atoms with Crippen molar-refractivity contribution in [3.8, 4) is 0 Å². The molecule has 12 heavy (non-hydrogen) atoms. The van der Waals surface area contributed by atoms with Crippen molar-refractivity contribution in [2.24, 2.45) is 5.73 Å². The van der Waals surface area contributed by atoms with Gasteiger partial charge in [0.05, 0.1) is 5.69 Å². The Balaban J connectivity index is 2.77. The highest BCUT2D eigenvalue weighted by Gasteiger charge is 1.99. The molecule has 0 atom stereocenters. The van der Waals surface area contributed by atoms with Gasteiger partial charge in [-0.25, -0.2) is 0 Å². The molecule has 4 nitrogen and oxygen atoms in total. The summed E-state index contributed by atoms with van der Waals surface area (Å²) in [5.74, 6) is 0.884. The zero-order chi connectivity index (χ0) is 8.97. The van der Waals surface area contributed by atoms with Crippen LogP contribution in [0.1, 0.15) is 12.6 Å². The lowest BCUT2D eigenvalue weighted by Crippen LogP contribution is -2.18. The summed E-state index contributed by atoms with van der Waals surface area (Å²) < 4.78 is 0. The number of anilines is 1. The topological polar surface area (TPSA) is 55.0 Å². The Hall–Kier alpha value is -1.16. The number of nitrogens with zero attached hydrogens (tertiary/aromatic N) is 3. The van der Waals surface area contributed by atoms with E-state index in [1.807, 2.05) is 24.1 Å². The van der Waals surface area contributed by atoms with Crippen LogP contribution in [-0.2, 0) is 6.54 Å². The molecule has 0 radical (unpaired) electrons. The summed E-state index contributed by atoms with van der Waals surface area (Å²) in [5.41, 5.74) is 6.21. The lowest BCUT2D eigenvalue weighted by molar-refractivity contribution is 0.853. The lowest BCUT2D eigenvalue weighted by Gasteiger charge is -2.13. The van der Waals surface area contributed by atoms with Crippen LogP contribution in [0.25, 0.3) is 0 Å². The van der Waals surface area contributed by atoms with Crippen LogP contribution in [0, 0.1) is 0 Å². The van der Waals surface area contributed by atoms with Gasteiger partial charge in [-0.1, -0.05) is 0 Å². The molecule has 1 aromatic rings. The van der Waals surface area contributed by atoms with Gasteiger partial charge < -0.3 is 10.6 Å². The van der Waals surface area contributed by atoms with E-state index in [9.17, 15) is 0 Å². The fourth-order valence-electron chi connectivity index (χ4n) is 0.827. The van der Waals surface area contributed by atoms with E-state index >= 15 is 0 Å². The Kier molecular flexibility index (Phi) is 2.99. The van der Waals surface area contributed by atoms with Crippen LogP contribution in [0.4, 0.5) is 5.82 Å². The molecule has 1 heterocycles. The summed E-state index contributed by atoms with van der Waals surface area (Å²) in [6, 6.07) is 3.83. The van der Waals surface area contributed by atoms with E-state index in [-0.39, 0.29) is 0 Å². The number of hydrogen-bond donors (Lipinski definition) is 1. The third-order valence-corrected chi connectivity index (χ3v) is 1.78. The Bertz CT molecular complexity index is 231. The normalized spacial score (nSPS) is 9.92. The van der Waals surface area contributed by atoms with Crippen LogP contribution < -0.4 is 10.6 Å². The summed E-state index contributed by atoms with van der Waals surface area (Å²) in [5, 5.41) is 7.97. The van der Waals surface area contributed by atoms with Crippen LogP contribution in [0.15, 0.2) is 12.1 Å². The Morgan fingerprint density at radius 3 is 2.58 bits per heavy atom. The summed E-state index contributed by atoms with van der Waals surface area (Å²) in [7, 11) is 1.98. The van der Waals surface area contributed by atoms with Crippen molar-refractivity contribution >= 4 is 5.82 Å². The van der Waals surface area contributed by atoms with Gasteiger partial charge in [0.2, 0.25) is 0 Å².